The second kappa shape index (κ2) is 12.8. The summed E-state index contributed by atoms with van der Waals surface area (Å²) in [7, 11) is 0. The van der Waals surface area contributed by atoms with Gasteiger partial charge in [0.05, 0.1) is 34.3 Å². The number of amides is 2. The average Bonchev–Trinajstić information content (AvgIpc) is 3.45. The minimum absolute atomic E-state index is 0.0557. The van der Waals surface area contributed by atoms with Crippen molar-refractivity contribution in [2.24, 2.45) is 5.41 Å². The van der Waals surface area contributed by atoms with Gasteiger partial charge in [0.1, 0.15) is 19.4 Å². The number of β-amino-alcohol motifs (C(OH)–C–C–N with tert-alkyl or cyclic N) is 1. The molecule has 1 aliphatic heterocycles. The zero-order valence-electron chi connectivity index (χ0n) is 22.0. The number of hydrogen-bond donors (Lipinski definition) is 5. The third-order valence-corrected chi connectivity index (χ3v) is 7.37. The number of nitrogens with zero attached hydrogens (tertiary/aromatic N) is 2. The van der Waals surface area contributed by atoms with Gasteiger partial charge < -0.3 is 30.7 Å². The SMILES string of the molecule is Cc1ncsc1-c1ccc(CNC(=O)C2C[C@@H](O)CN2C(O)[C@@H](NC(=O)COCC(=O)O)C(C)(C)C)cc1. The molecule has 1 fully saturated rings. The Labute approximate surface area is 225 Å². The van der Waals surface area contributed by atoms with Crippen LogP contribution >= 0.6 is 11.3 Å². The van der Waals surface area contributed by atoms with Crippen LogP contribution in [0.4, 0.5) is 0 Å². The van der Waals surface area contributed by atoms with Crippen LogP contribution in [0.1, 0.15) is 38.4 Å². The van der Waals surface area contributed by atoms with Crippen LogP contribution in [0.2, 0.25) is 0 Å². The predicted octanol–water partition coefficient (Wildman–Crippen LogP) is 1.12. The van der Waals surface area contributed by atoms with E-state index in [1.807, 2.05) is 52.0 Å². The fraction of sp³-hybridized carbons (Fsp3) is 0.538. The summed E-state index contributed by atoms with van der Waals surface area (Å²) in [5, 5.41) is 35.9. The molecule has 0 spiro atoms. The van der Waals surface area contributed by atoms with Crippen LogP contribution in [0.25, 0.3) is 10.4 Å². The van der Waals surface area contributed by atoms with E-state index in [9.17, 15) is 24.6 Å². The Morgan fingerprint density at radius 1 is 1.21 bits per heavy atom. The van der Waals surface area contributed by atoms with Crippen molar-refractivity contribution in [1.29, 1.82) is 0 Å². The molecule has 4 atom stereocenters. The summed E-state index contributed by atoms with van der Waals surface area (Å²) in [4.78, 5) is 43.0. The number of benzene rings is 1. The molecule has 38 heavy (non-hydrogen) atoms. The van der Waals surface area contributed by atoms with Crippen molar-refractivity contribution < 1.29 is 34.4 Å². The molecule has 0 aliphatic carbocycles. The van der Waals surface area contributed by atoms with Gasteiger partial charge in [-0.1, -0.05) is 45.0 Å². The summed E-state index contributed by atoms with van der Waals surface area (Å²) in [5.74, 6) is -2.13. The van der Waals surface area contributed by atoms with E-state index in [4.69, 9.17) is 9.84 Å². The molecule has 2 aromatic rings. The smallest absolute Gasteiger partial charge is 0.329 e. The number of hydrogen-bond acceptors (Lipinski definition) is 9. The van der Waals surface area contributed by atoms with Crippen molar-refractivity contribution in [2.45, 2.75) is 65.1 Å². The Bertz CT molecular complexity index is 1120. The number of carboxylic acid groups (broad SMARTS) is 1. The lowest BCUT2D eigenvalue weighted by atomic mass is 9.85. The third kappa shape index (κ3) is 7.81. The molecule has 1 aromatic carbocycles. The molecule has 208 valence electrons. The Kier molecular flexibility index (Phi) is 9.96. The first-order valence-corrected chi connectivity index (χ1v) is 13.2. The first-order chi connectivity index (χ1) is 17.9. The van der Waals surface area contributed by atoms with E-state index in [0.717, 1.165) is 21.7 Å². The minimum atomic E-state index is -1.28. The molecule has 2 unspecified atom stereocenters. The number of thiazole rings is 1. The number of ether oxygens (including phenoxy) is 1. The number of rotatable bonds is 11. The van der Waals surface area contributed by atoms with Crippen LogP contribution in [0, 0.1) is 12.3 Å². The lowest BCUT2D eigenvalue weighted by Gasteiger charge is -2.40. The number of carbonyl (C=O) groups is 3. The van der Waals surface area contributed by atoms with Gasteiger partial charge in [-0.05, 0) is 29.9 Å². The average molecular weight is 549 g/mol. The number of aromatic nitrogens is 1. The first-order valence-electron chi connectivity index (χ1n) is 12.3. The summed E-state index contributed by atoms with van der Waals surface area (Å²) in [6, 6.07) is 6.20. The number of likely N-dealkylation sites (tertiary alicyclic amines) is 1. The number of aryl methyl sites for hydroxylation is 1. The van der Waals surface area contributed by atoms with E-state index < -0.39 is 54.9 Å². The van der Waals surface area contributed by atoms with E-state index in [2.05, 4.69) is 15.6 Å². The number of aliphatic hydroxyl groups is 2. The summed E-state index contributed by atoms with van der Waals surface area (Å²) < 4.78 is 4.85. The normalized spacial score (nSPS) is 19.6. The van der Waals surface area contributed by atoms with Crippen molar-refractivity contribution in [2.75, 3.05) is 19.8 Å². The zero-order valence-corrected chi connectivity index (χ0v) is 22.8. The molecular weight excluding hydrogens is 512 g/mol. The highest BCUT2D eigenvalue weighted by atomic mass is 32.1. The van der Waals surface area contributed by atoms with E-state index in [0.29, 0.717) is 0 Å². The monoisotopic (exact) mass is 548 g/mol. The topological polar surface area (TPSA) is 161 Å². The zero-order chi connectivity index (χ0) is 28.0. The quantitative estimate of drug-likeness (QED) is 0.277. The van der Waals surface area contributed by atoms with Gasteiger partial charge in [0.15, 0.2) is 0 Å². The number of aliphatic hydroxyl groups excluding tert-OH is 2. The highest BCUT2D eigenvalue weighted by Crippen LogP contribution is 2.29. The molecule has 1 saturated heterocycles. The predicted molar refractivity (Wildman–Crippen MR) is 141 cm³/mol. The summed E-state index contributed by atoms with van der Waals surface area (Å²) in [5.41, 5.74) is 4.09. The fourth-order valence-corrected chi connectivity index (χ4v) is 5.24. The molecule has 3 rings (SSSR count). The summed E-state index contributed by atoms with van der Waals surface area (Å²) >= 11 is 1.57. The van der Waals surface area contributed by atoms with Gasteiger partial charge in [0.2, 0.25) is 11.8 Å². The highest BCUT2D eigenvalue weighted by Gasteiger charge is 2.45. The molecule has 0 radical (unpaired) electrons. The standard InChI is InChI=1S/C26H36N4O7S/c1-15-22(38-14-28-15)17-7-5-16(6-8-17)10-27-24(35)19-9-18(31)11-30(19)25(36)23(26(2,3)4)29-20(32)12-37-13-21(33)34/h5-8,14,18-19,23,25,31,36H,9-13H2,1-4H3,(H,27,35)(H,29,32)(H,33,34)/t18-,19?,23-,25?/m1/s1. The maximum absolute atomic E-state index is 13.1. The maximum atomic E-state index is 13.1. The molecule has 0 bridgehead atoms. The van der Waals surface area contributed by atoms with Crippen LogP contribution in [0.3, 0.4) is 0 Å². The van der Waals surface area contributed by atoms with E-state index >= 15 is 0 Å². The van der Waals surface area contributed by atoms with Gasteiger partial charge in [0.25, 0.3) is 0 Å². The summed E-state index contributed by atoms with van der Waals surface area (Å²) in [6.07, 6.45) is -1.97. The van der Waals surface area contributed by atoms with Crippen molar-refractivity contribution in [3.63, 3.8) is 0 Å². The highest BCUT2D eigenvalue weighted by molar-refractivity contribution is 7.13. The number of carboxylic acids is 1. The van der Waals surface area contributed by atoms with Crippen molar-refractivity contribution in [3.05, 3.63) is 41.0 Å². The molecule has 2 heterocycles. The van der Waals surface area contributed by atoms with E-state index in [-0.39, 0.29) is 25.4 Å². The second-order valence-corrected chi connectivity index (χ2v) is 11.3. The molecule has 5 N–H and O–H groups in total. The van der Waals surface area contributed by atoms with Crippen LogP contribution < -0.4 is 10.6 Å². The van der Waals surface area contributed by atoms with Gasteiger partial charge in [-0.3, -0.25) is 14.5 Å². The maximum Gasteiger partial charge on any atom is 0.329 e. The second-order valence-electron chi connectivity index (χ2n) is 10.5. The van der Waals surface area contributed by atoms with Crippen molar-refractivity contribution in [1.82, 2.24) is 20.5 Å². The molecule has 11 nitrogen and oxygen atoms in total. The van der Waals surface area contributed by atoms with E-state index in [1.165, 1.54) is 4.90 Å². The lowest BCUT2D eigenvalue weighted by Crippen LogP contribution is -2.60. The van der Waals surface area contributed by atoms with Crippen LogP contribution in [0.5, 0.6) is 0 Å². The van der Waals surface area contributed by atoms with Crippen LogP contribution in [0.15, 0.2) is 29.8 Å². The fourth-order valence-electron chi connectivity index (χ4n) is 4.42. The molecule has 1 aromatic heterocycles. The van der Waals surface area contributed by atoms with Crippen LogP contribution in [-0.4, -0.2) is 87.2 Å². The van der Waals surface area contributed by atoms with Crippen molar-refractivity contribution >= 4 is 29.1 Å². The first kappa shape index (κ1) is 29.7. The molecule has 2 amide bonds. The van der Waals surface area contributed by atoms with Gasteiger partial charge in [0, 0.05) is 13.1 Å². The van der Waals surface area contributed by atoms with Gasteiger partial charge in [-0.2, -0.15) is 0 Å². The Balaban J connectivity index is 1.64. The van der Waals surface area contributed by atoms with Gasteiger partial charge in [-0.25, -0.2) is 9.78 Å². The molecule has 0 saturated carbocycles. The largest absolute Gasteiger partial charge is 0.480 e. The summed E-state index contributed by atoms with van der Waals surface area (Å²) in [6.45, 7) is 6.63. The molecular formula is C26H36N4O7S. The molecule has 12 heteroatoms. The van der Waals surface area contributed by atoms with Gasteiger partial charge >= 0.3 is 5.97 Å². The Hall–Kier alpha value is -2.90. The number of carbonyl (C=O) groups excluding carboxylic acids is 2. The van der Waals surface area contributed by atoms with Crippen molar-refractivity contribution in [3.8, 4) is 10.4 Å². The minimum Gasteiger partial charge on any atom is -0.480 e. The number of aliphatic carboxylic acids is 1. The number of nitrogens with one attached hydrogen (secondary N) is 2. The third-order valence-electron chi connectivity index (χ3n) is 6.39. The molecule has 1 aliphatic rings. The Morgan fingerprint density at radius 3 is 2.47 bits per heavy atom. The Morgan fingerprint density at radius 2 is 1.89 bits per heavy atom. The van der Waals surface area contributed by atoms with Gasteiger partial charge in [-0.15, -0.1) is 11.3 Å². The lowest BCUT2D eigenvalue weighted by molar-refractivity contribution is -0.144. The van der Waals surface area contributed by atoms with Crippen LogP contribution in [-0.2, 0) is 25.7 Å². The van der Waals surface area contributed by atoms with E-state index in [1.54, 1.807) is 16.8 Å².